The Morgan fingerprint density at radius 3 is 3.15 bits per heavy atom. The average molecular weight is 184 g/mol. The lowest BCUT2D eigenvalue weighted by molar-refractivity contribution is -0.125. The first kappa shape index (κ1) is 8.97. The van der Waals surface area contributed by atoms with E-state index in [-0.39, 0.29) is 24.1 Å². The standard InChI is InChI=1S/C9H16N2O2/c1-2-6(12)11-8-7(10)5-3-4-13-9(5)8/h5,7-9H,2-4,10H2,1H3,(H,11,12). The van der Waals surface area contributed by atoms with Crippen LogP contribution in [0.5, 0.6) is 0 Å². The Bertz CT molecular complexity index is 220. The third-order valence-corrected chi connectivity index (χ3v) is 3.10. The van der Waals surface area contributed by atoms with Gasteiger partial charge in [-0.25, -0.2) is 0 Å². The van der Waals surface area contributed by atoms with Gasteiger partial charge >= 0.3 is 0 Å². The zero-order chi connectivity index (χ0) is 9.42. The van der Waals surface area contributed by atoms with Crippen LogP contribution in [-0.2, 0) is 9.53 Å². The van der Waals surface area contributed by atoms with Crippen LogP contribution in [0.3, 0.4) is 0 Å². The summed E-state index contributed by atoms with van der Waals surface area (Å²) in [6, 6.07) is 0.156. The van der Waals surface area contributed by atoms with E-state index in [0.717, 1.165) is 13.0 Å². The van der Waals surface area contributed by atoms with E-state index in [4.69, 9.17) is 10.5 Å². The fourth-order valence-corrected chi connectivity index (χ4v) is 2.22. The maximum absolute atomic E-state index is 11.1. The number of nitrogens with two attached hydrogens (primary N) is 1. The van der Waals surface area contributed by atoms with Crippen molar-refractivity contribution < 1.29 is 9.53 Å². The molecule has 1 saturated heterocycles. The van der Waals surface area contributed by atoms with Gasteiger partial charge < -0.3 is 15.8 Å². The summed E-state index contributed by atoms with van der Waals surface area (Å²) >= 11 is 0. The van der Waals surface area contributed by atoms with Gasteiger partial charge in [0.2, 0.25) is 5.91 Å². The molecule has 2 rings (SSSR count). The predicted molar refractivity (Wildman–Crippen MR) is 48.0 cm³/mol. The summed E-state index contributed by atoms with van der Waals surface area (Å²) in [6.45, 7) is 2.63. The predicted octanol–water partition coefficient (Wildman–Crippen LogP) is -0.373. The number of carbonyl (C=O) groups excluding carboxylic acids is 1. The van der Waals surface area contributed by atoms with Crippen LogP contribution in [0.2, 0.25) is 0 Å². The van der Waals surface area contributed by atoms with Gasteiger partial charge in [0.25, 0.3) is 0 Å². The van der Waals surface area contributed by atoms with Crippen molar-refractivity contribution in [1.29, 1.82) is 0 Å². The summed E-state index contributed by atoms with van der Waals surface area (Å²) in [5, 5.41) is 2.90. The van der Waals surface area contributed by atoms with E-state index in [0.29, 0.717) is 12.3 Å². The summed E-state index contributed by atoms with van der Waals surface area (Å²) in [5.74, 6) is 0.538. The van der Waals surface area contributed by atoms with Crippen LogP contribution in [0.25, 0.3) is 0 Å². The van der Waals surface area contributed by atoms with Gasteiger partial charge in [0.05, 0.1) is 12.1 Å². The minimum absolute atomic E-state index is 0.0555. The van der Waals surface area contributed by atoms with Crippen LogP contribution in [-0.4, -0.2) is 30.7 Å². The van der Waals surface area contributed by atoms with Crippen LogP contribution in [0, 0.1) is 5.92 Å². The molecule has 1 aliphatic carbocycles. The number of nitrogens with one attached hydrogen (secondary N) is 1. The average Bonchev–Trinajstić information content (AvgIpc) is 2.58. The lowest BCUT2D eigenvalue weighted by Crippen LogP contribution is -2.68. The zero-order valence-electron chi connectivity index (χ0n) is 7.82. The van der Waals surface area contributed by atoms with Gasteiger partial charge in [0.15, 0.2) is 0 Å². The first-order valence-electron chi connectivity index (χ1n) is 4.90. The van der Waals surface area contributed by atoms with Crippen LogP contribution in [0.4, 0.5) is 0 Å². The van der Waals surface area contributed by atoms with Gasteiger partial charge in [-0.05, 0) is 6.42 Å². The number of fused-ring (bicyclic) bond motifs is 1. The summed E-state index contributed by atoms with van der Waals surface area (Å²) in [4.78, 5) is 11.1. The molecule has 4 atom stereocenters. The highest BCUT2D eigenvalue weighted by Crippen LogP contribution is 2.37. The molecule has 0 aromatic rings. The second-order valence-electron chi connectivity index (χ2n) is 3.81. The molecule has 1 amide bonds. The molecule has 13 heavy (non-hydrogen) atoms. The maximum atomic E-state index is 11.1. The van der Waals surface area contributed by atoms with E-state index >= 15 is 0 Å². The van der Waals surface area contributed by atoms with Crippen molar-refractivity contribution in [3.05, 3.63) is 0 Å². The smallest absolute Gasteiger partial charge is 0.220 e. The fraction of sp³-hybridized carbons (Fsp3) is 0.889. The molecule has 1 saturated carbocycles. The van der Waals surface area contributed by atoms with Crippen molar-refractivity contribution >= 4 is 5.91 Å². The normalized spacial score (nSPS) is 42.3. The Hall–Kier alpha value is -0.610. The van der Waals surface area contributed by atoms with Gasteiger partial charge in [-0.2, -0.15) is 0 Å². The largest absolute Gasteiger partial charge is 0.376 e. The van der Waals surface area contributed by atoms with Gasteiger partial charge in [-0.1, -0.05) is 6.92 Å². The monoisotopic (exact) mass is 184 g/mol. The molecule has 4 unspecified atom stereocenters. The molecule has 1 aliphatic heterocycles. The third kappa shape index (κ3) is 1.34. The van der Waals surface area contributed by atoms with E-state index < -0.39 is 0 Å². The summed E-state index contributed by atoms with van der Waals surface area (Å²) in [7, 11) is 0. The molecule has 1 heterocycles. The molecular weight excluding hydrogens is 168 g/mol. The van der Waals surface area contributed by atoms with Crippen molar-refractivity contribution in [2.24, 2.45) is 11.7 Å². The zero-order valence-corrected chi connectivity index (χ0v) is 7.82. The van der Waals surface area contributed by atoms with E-state index in [1.807, 2.05) is 6.92 Å². The maximum Gasteiger partial charge on any atom is 0.220 e. The highest BCUT2D eigenvalue weighted by Gasteiger charge is 2.52. The molecule has 0 radical (unpaired) electrons. The fourth-order valence-electron chi connectivity index (χ4n) is 2.22. The Balaban J connectivity index is 1.90. The van der Waals surface area contributed by atoms with Gasteiger partial charge in [0.1, 0.15) is 0 Å². The number of amides is 1. The van der Waals surface area contributed by atoms with Gasteiger partial charge in [0, 0.05) is 25.0 Å². The van der Waals surface area contributed by atoms with Crippen LogP contribution >= 0.6 is 0 Å². The quantitative estimate of drug-likeness (QED) is 0.615. The molecule has 4 heteroatoms. The van der Waals surface area contributed by atoms with E-state index in [2.05, 4.69) is 5.32 Å². The molecular formula is C9H16N2O2. The molecule has 0 bridgehead atoms. The number of hydrogen-bond donors (Lipinski definition) is 2. The molecule has 2 fully saturated rings. The van der Waals surface area contributed by atoms with Crippen LogP contribution < -0.4 is 11.1 Å². The highest BCUT2D eigenvalue weighted by molar-refractivity contribution is 5.76. The van der Waals surface area contributed by atoms with Crippen molar-refractivity contribution in [2.45, 2.75) is 38.0 Å². The first-order chi connectivity index (χ1) is 6.24. The number of ether oxygens (including phenoxy) is 1. The Morgan fingerprint density at radius 1 is 1.69 bits per heavy atom. The number of carbonyl (C=O) groups is 1. The minimum Gasteiger partial charge on any atom is -0.376 e. The molecule has 0 aromatic heterocycles. The molecule has 3 N–H and O–H groups in total. The Morgan fingerprint density at radius 2 is 2.46 bits per heavy atom. The van der Waals surface area contributed by atoms with Crippen molar-refractivity contribution in [3.63, 3.8) is 0 Å². The topological polar surface area (TPSA) is 64.4 Å². The SMILES string of the molecule is CCC(=O)NC1C(N)C2CCOC21. The Labute approximate surface area is 77.8 Å². The van der Waals surface area contributed by atoms with E-state index in [9.17, 15) is 4.79 Å². The van der Waals surface area contributed by atoms with E-state index in [1.165, 1.54) is 0 Å². The molecule has 4 nitrogen and oxygen atoms in total. The highest BCUT2D eigenvalue weighted by atomic mass is 16.5. The first-order valence-corrected chi connectivity index (χ1v) is 4.90. The lowest BCUT2D eigenvalue weighted by atomic mass is 9.72. The third-order valence-electron chi connectivity index (χ3n) is 3.10. The van der Waals surface area contributed by atoms with Crippen LogP contribution in [0.1, 0.15) is 19.8 Å². The van der Waals surface area contributed by atoms with Crippen molar-refractivity contribution in [2.75, 3.05) is 6.61 Å². The number of rotatable bonds is 2. The summed E-state index contributed by atoms with van der Waals surface area (Å²) in [5.41, 5.74) is 5.92. The van der Waals surface area contributed by atoms with Crippen molar-refractivity contribution in [3.8, 4) is 0 Å². The molecule has 74 valence electrons. The van der Waals surface area contributed by atoms with E-state index in [1.54, 1.807) is 0 Å². The number of hydrogen-bond acceptors (Lipinski definition) is 3. The molecule has 0 aromatic carbocycles. The lowest BCUT2D eigenvalue weighted by Gasteiger charge is -2.45. The Kier molecular flexibility index (Phi) is 2.26. The van der Waals surface area contributed by atoms with Crippen molar-refractivity contribution in [1.82, 2.24) is 5.32 Å². The second kappa shape index (κ2) is 3.27. The summed E-state index contributed by atoms with van der Waals surface area (Å²) < 4.78 is 5.49. The van der Waals surface area contributed by atoms with Gasteiger partial charge in [-0.15, -0.1) is 0 Å². The van der Waals surface area contributed by atoms with Gasteiger partial charge in [-0.3, -0.25) is 4.79 Å². The minimum atomic E-state index is 0.0555. The molecule has 2 aliphatic rings. The summed E-state index contributed by atoms with van der Waals surface area (Å²) in [6.07, 6.45) is 1.75. The molecule has 0 spiro atoms. The second-order valence-corrected chi connectivity index (χ2v) is 3.81. The van der Waals surface area contributed by atoms with Crippen LogP contribution in [0.15, 0.2) is 0 Å².